The Hall–Kier alpha value is -0.510. The van der Waals surface area contributed by atoms with Crippen LogP contribution in [0, 0.1) is 35.0 Å². The summed E-state index contributed by atoms with van der Waals surface area (Å²) in [4.78, 5) is 0. The monoisotopic (exact) mass is 356 g/mol. The van der Waals surface area contributed by atoms with Crippen LogP contribution in [0.5, 0.6) is 0 Å². The van der Waals surface area contributed by atoms with E-state index >= 15 is 0 Å². The molecule has 4 aliphatic rings. The molecule has 4 aliphatic carbocycles. The molecule has 0 aromatic carbocycles. The van der Waals surface area contributed by atoms with E-state index in [0.29, 0.717) is 29.6 Å². The highest BCUT2D eigenvalue weighted by Gasteiger charge is 2.61. The van der Waals surface area contributed by atoms with E-state index in [2.05, 4.69) is 19.9 Å². The molecule has 4 heteroatoms. The molecule has 4 rings (SSSR count). The lowest BCUT2D eigenvalue weighted by Crippen LogP contribution is -2.54. The molecule has 0 aromatic heterocycles. The number of allylic oxidation sites excluding steroid dienone is 2. The van der Waals surface area contributed by atoms with E-state index in [-0.39, 0.29) is 18.8 Å². The first-order chi connectivity index (χ1) is 11.7. The van der Waals surface area contributed by atoms with Gasteiger partial charge in [-0.1, -0.05) is 18.6 Å². The van der Waals surface area contributed by atoms with Crippen LogP contribution in [-0.4, -0.2) is 16.9 Å². The topological polar surface area (TPSA) is 20.2 Å². The molecule has 4 saturated carbocycles. The second kappa shape index (κ2) is 5.74. The molecule has 0 radical (unpaired) electrons. The summed E-state index contributed by atoms with van der Waals surface area (Å²) in [6.07, 6.45) is 5.02. The maximum absolute atomic E-state index is 13.3. The summed E-state index contributed by atoms with van der Waals surface area (Å²) in [5, 5.41) is 10.2. The summed E-state index contributed by atoms with van der Waals surface area (Å²) in [6, 6.07) is 0. The van der Waals surface area contributed by atoms with Gasteiger partial charge in [-0.15, -0.1) is 0 Å². The number of hydrogen-bond donors (Lipinski definition) is 1. The second-order valence-corrected chi connectivity index (χ2v) is 9.52. The minimum atomic E-state index is -4.48. The van der Waals surface area contributed by atoms with Crippen molar-refractivity contribution in [1.82, 2.24) is 0 Å². The van der Waals surface area contributed by atoms with Gasteiger partial charge in [-0.3, -0.25) is 0 Å². The molecule has 0 spiro atoms. The van der Waals surface area contributed by atoms with E-state index in [4.69, 9.17) is 0 Å². The number of rotatable bonds is 0. The smallest absolute Gasteiger partial charge is 0.380 e. The van der Waals surface area contributed by atoms with Crippen molar-refractivity contribution in [3.8, 4) is 0 Å². The third kappa shape index (κ3) is 2.53. The van der Waals surface area contributed by atoms with Crippen LogP contribution in [-0.2, 0) is 0 Å². The third-order valence-electron chi connectivity index (χ3n) is 8.73. The third-order valence-corrected chi connectivity index (χ3v) is 8.73. The number of fused-ring (bicyclic) bond motifs is 5. The Balaban J connectivity index is 1.54. The van der Waals surface area contributed by atoms with Gasteiger partial charge >= 0.3 is 6.18 Å². The van der Waals surface area contributed by atoms with Crippen LogP contribution >= 0.6 is 0 Å². The molecule has 4 fully saturated rings. The molecular formula is C21H31F3O. The number of halogens is 3. The number of hydrogen-bond acceptors (Lipinski definition) is 1. The Morgan fingerprint density at radius 3 is 2.40 bits per heavy atom. The average molecular weight is 356 g/mol. The van der Waals surface area contributed by atoms with Crippen molar-refractivity contribution in [2.75, 3.05) is 0 Å². The molecule has 142 valence electrons. The minimum Gasteiger partial charge on any atom is -0.380 e. The zero-order valence-corrected chi connectivity index (χ0v) is 15.4. The standard InChI is InChI=1S/C21H31F3O/c1-3-14-5-7-18-17-6-4-13-12-20(25,21(22,23)24)11-9-15(13)16(17)8-10-19(14,18)2/h3,13,15-18,25H,4-12H2,1-2H3/t13-,15+,16-,17-,18+,19-,20-/m1/s1. The maximum atomic E-state index is 13.3. The number of alkyl halides is 3. The normalized spacial score (nSPS) is 51.8. The van der Waals surface area contributed by atoms with Crippen molar-refractivity contribution in [1.29, 1.82) is 0 Å². The van der Waals surface area contributed by atoms with Crippen LogP contribution in [0.25, 0.3) is 0 Å². The molecule has 0 heterocycles. The van der Waals surface area contributed by atoms with Gasteiger partial charge in [0.25, 0.3) is 0 Å². The zero-order valence-electron chi connectivity index (χ0n) is 15.4. The molecule has 0 amide bonds. The predicted octanol–water partition coefficient (Wildman–Crippen LogP) is 5.88. The van der Waals surface area contributed by atoms with Crippen LogP contribution in [0.15, 0.2) is 11.6 Å². The molecular weight excluding hydrogens is 325 g/mol. The van der Waals surface area contributed by atoms with Crippen LogP contribution in [0.2, 0.25) is 0 Å². The van der Waals surface area contributed by atoms with E-state index in [1.807, 2.05) is 0 Å². The fraction of sp³-hybridized carbons (Fsp3) is 0.905. The van der Waals surface area contributed by atoms with E-state index in [0.717, 1.165) is 18.8 Å². The predicted molar refractivity (Wildman–Crippen MR) is 91.9 cm³/mol. The largest absolute Gasteiger partial charge is 0.417 e. The Morgan fingerprint density at radius 2 is 1.72 bits per heavy atom. The first-order valence-electron chi connectivity index (χ1n) is 10.1. The summed E-state index contributed by atoms with van der Waals surface area (Å²) in [6.45, 7) is 4.59. The molecule has 1 N–H and O–H groups in total. The van der Waals surface area contributed by atoms with Crippen LogP contribution in [0.3, 0.4) is 0 Å². The van der Waals surface area contributed by atoms with Gasteiger partial charge in [-0.25, -0.2) is 0 Å². The number of aliphatic hydroxyl groups is 1. The lowest BCUT2D eigenvalue weighted by molar-refractivity contribution is -0.282. The van der Waals surface area contributed by atoms with Gasteiger partial charge in [-0.2, -0.15) is 13.2 Å². The lowest BCUT2D eigenvalue weighted by atomic mass is 9.49. The lowest BCUT2D eigenvalue weighted by Gasteiger charge is -2.56. The Morgan fingerprint density at radius 1 is 1.00 bits per heavy atom. The summed E-state index contributed by atoms with van der Waals surface area (Å²) in [5.41, 5.74) is -0.479. The van der Waals surface area contributed by atoms with Gasteiger partial charge < -0.3 is 5.11 Å². The SMILES string of the molecule is CC=C1CC[C@H]2[C@@H]3CC[C@@H]4C[C@@](O)(C(F)(F)F)CC[C@@H]4[C@H]3CC[C@]12C. The summed E-state index contributed by atoms with van der Waals surface area (Å²) >= 11 is 0. The zero-order chi connectivity index (χ0) is 18.0. The Kier molecular flexibility index (Phi) is 4.11. The molecule has 0 bridgehead atoms. The first kappa shape index (κ1) is 17.9. The Bertz CT molecular complexity index is 568. The van der Waals surface area contributed by atoms with Gasteiger partial charge in [0.05, 0.1) is 0 Å². The second-order valence-electron chi connectivity index (χ2n) is 9.52. The highest BCUT2D eigenvalue weighted by atomic mass is 19.4. The van der Waals surface area contributed by atoms with Crippen LogP contribution < -0.4 is 0 Å². The first-order valence-corrected chi connectivity index (χ1v) is 10.1. The van der Waals surface area contributed by atoms with Crippen molar-refractivity contribution in [2.45, 2.75) is 83.4 Å². The molecule has 1 nitrogen and oxygen atoms in total. The van der Waals surface area contributed by atoms with Gasteiger partial charge in [0.1, 0.15) is 0 Å². The van der Waals surface area contributed by atoms with Gasteiger partial charge in [0, 0.05) is 0 Å². The Labute approximate surface area is 149 Å². The van der Waals surface area contributed by atoms with E-state index in [9.17, 15) is 18.3 Å². The van der Waals surface area contributed by atoms with E-state index < -0.39 is 11.8 Å². The molecule has 0 saturated heterocycles. The van der Waals surface area contributed by atoms with Gasteiger partial charge in [0.15, 0.2) is 5.60 Å². The van der Waals surface area contributed by atoms with Gasteiger partial charge in [-0.05, 0) is 99.7 Å². The van der Waals surface area contributed by atoms with Crippen molar-refractivity contribution in [3.63, 3.8) is 0 Å². The summed E-state index contributed by atoms with van der Waals surface area (Å²) < 4.78 is 39.8. The minimum absolute atomic E-state index is 0.0631. The van der Waals surface area contributed by atoms with E-state index in [1.54, 1.807) is 5.57 Å². The molecule has 25 heavy (non-hydrogen) atoms. The molecule has 0 aliphatic heterocycles. The highest BCUT2D eigenvalue weighted by molar-refractivity contribution is 5.23. The fourth-order valence-electron chi connectivity index (χ4n) is 7.46. The highest BCUT2D eigenvalue weighted by Crippen LogP contribution is 2.64. The summed E-state index contributed by atoms with van der Waals surface area (Å²) in [7, 11) is 0. The molecule has 0 aromatic rings. The van der Waals surface area contributed by atoms with Gasteiger partial charge in [0.2, 0.25) is 0 Å². The van der Waals surface area contributed by atoms with Crippen molar-refractivity contribution < 1.29 is 18.3 Å². The average Bonchev–Trinajstić information content (AvgIpc) is 2.89. The maximum Gasteiger partial charge on any atom is 0.417 e. The summed E-state index contributed by atoms with van der Waals surface area (Å²) in [5.74, 6) is 2.47. The van der Waals surface area contributed by atoms with Crippen molar-refractivity contribution in [2.24, 2.45) is 35.0 Å². The van der Waals surface area contributed by atoms with Crippen LogP contribution in [0.1, 0.15) is 71.6 Å². The van der Waals surface area contributed by atoms with Crippen LogP contribution in [0.4, 0.5) is 13.2 Å². The van der Waals surface area contributed by atoms with Crippen molar-refractivity contribution in [3.05, 3.63) is 11.6 Å². The van der Waals surface area contributed by atoms with Crippen molar-refractivity contribution >= 4 is 0 Å². The van der Waals surface area contributed by atoms with E-state index in [1.165, 1.54) is 25.7 Å². The molecule has 0 unspecified atom stereocenters. The quantitative estimate of drug-likeness (QED) is 0.538. The molecule has 7 atom stereocenters. The fourth-order valence-corrected chi connectivity index (χ4v) is 7.46.